The molecule has 0 saturated heterocycles. The van der Waals surface area contributed by atoms with Gasteiger partial charge in [0.2, 0.25) is 0 Å². The molecule has 58 valence electrons. The van der Waals surface area contributed by atoms with Crippen LogP contribution in [0.3, 0.4) is 0 Å². The van der Waals surface area contributed by atoms with E-state index in [0.717, 1.165) is 0 Å². The van der Waals surface area contributed by atoms with Crippen LogP contribution in [0, 0.1) is 0 Å². The van der Waals surface area contributed by atoms with Gasteiger partial charge in [-0.05, 0) is 0 Å². The van der Waals surface area contributed by atoms with E-state index in [2.05, 4.69) is 27.7 Å². The molecule has 0 aromatic rings. The summed E-state index contributed by atoms with van der Waals surface area (Å²) in [6.07, 6.45) is 0. The van der Waals surface area contributed by atoms with Crippen molar-refractivity contribution in [2.24, 2.45) is 0 Å². The zero-order chi connectivity index (χ0) is 7.33. The molecule has 0 spiro atoms. The zero-order valence-corrected chi connectivity index (χ0v) is 8.95. The van der Waals surface area contributed by atoms with Crippen LogP contribution in [0.15, 0.2) is 0 Å². The van der Waals surface area contributed by atoms with Crippen molar-refractivity contribution in [2.75, 3.05) is 0 Å². The molecule has 9 heavy (non-hydrogen) atoms. The third-order valence-corrected chi connectivity index (χ3v) is 12.7. The molecular formula is C8H20Se. The second-order valence-electron chi connectivity index (χ2n) is 2.38. The molecule has 0 amide bonds. The number of hydrogen-bond donors (Lipinski definition) is 0. The predicted octanol–water partition coefficient (Wildman–Crippen LogP) is 3.51. The third-order valence-electron chi connectivity index (χ3n) is 2.45. The molecule has 1 heteroatoms. The standard InChI is InChI=1S/C8H20Se/c1-5-9(6-2,7-3)8-4/h5-8H2,1-4H3. The molecule has 0 aliphatic carbocycles. The molecule has 0 aliphatic rings. The first-order valence-electron chi connectivity index (χ1n) is 3.98. The fourth-order valence-electron chi connectivity index (χ4n) is 1.22. The van der Waals surface area contributed by atoms with Crippen LogP contribution in [-0.4, -0.2) is 12.8 Å². The van der Waals surface area contributed by atoms with Crippen molar-refractivity contribution in [3.63, 3.8) is 0 Å². The molecule has 0 aromatic heterocycles. The van der Waals surface area contributed by atoms with Crippen LogP contribution in [0.1, 0.15) is 27.7 Å². The van der Waals surface area contributed by atoms with E-state index in [9.17, 15) is 0 Å². The molecular weight excluding hydrogens is 175 g/mol. The van der Waals surface area contributed by atoms with Gasteiger partial charge >= 0.3 is 61.8 Å². The van der Waals surface area contributed by atoms with Gasteiger partial charge in [0, 0.05) is 0 Å². The summed E-state index contributed by atoms with van der Waals surface area (Å²) in [5.74, 6) is 0. The van der Waals surface area contributed by atoms with E-state index in [-0.39, 0.29) is 0 Å². The molecule has 0 heterocycles. The van der Waals surface area contributed by atoms with Crippen LogP contribution >= 0.6 is 0 Å². The minimum absolute atomic E-state index is 0.861. The average molecular weight is 195 g/mol. The van der Waals surface area contributed by atoms with Crippen molar-refractivity contribution in [3.8, 4) is 0 Å². The van der Waals surface area contributed by atoms with E-state index in [1.165, 1.54) is 21.3 Å². The van der Waals surface area contributed by atoms with E-state index in [1.54, 1.807) is 0 Å². The fraction of sp³-hybridized carbons (Fsp3) is 1.00. The topological polar surface area (TPSA) is 0 Å². The summed E-state index contributed by atoms with van der Waals surface area (Å²) in [4.78, 5) is 0. The van der Waals surface area contributed by atoms with Gasteiger partial charge < -0.3 is 0 Å². The molecule has 0 bridgehead atoms. The van der Waals surface area contributed by atoms with Crippen LogP contribution in [0.25, 0.3) is 0 Å². The van der Waals surface area contributed by atoms with Gasteiger partial charge in [0.15, 0.2) is 0 Å². The molecule has 0 fully saturated rings. The van der Waals surface area contributed by atoms with Crippen molar-refractivity contribution in [1.29, 1.82) is 0 Å². The van der Waals surface area contributed by atoms with Gasteiger partial charge in [-0.25, -0.2) is 0 Å². The quantitative estimate of drug-likeness (QED) is 0.602. The molecule has 0 aromatic carbocycles. The first kappa shape index (κ1) is 9.52. The SMILES string of the molecule is CC[Se](CC)(CC)CC. The Labute approximate surface area is 62.3 Å². The fourth-order valence-corrected chi connectivity index (χ4v) is 6.36. The van der Waals surface area contributed by atoms with Crippen molar-refractivity contribution < 1.29 is 0 Å². The summed E-state index contributed by atoms with van der Waals surface area (Å²) in [5.41, 5.74) is 0. The Hall–Kier alpha value is 0.519. The van der Waals surface area contributed by atoms with Crippen LogP contribution in [-0.2, 0) is 0 Å². The van der Waals surface area contributed by atoms with Crippen LogP contribution in [0.4, 0.5) is 0 Å². The van der Waals surface area contributed by atoms with Crippen molar-refractivity contribution in [2.45, 2.75) is 49.0 Å². The predicted molar refractivity (Wildman–Crippen MR) is 47.7 cm³/mol. The Morgan fingerprint density at radius 2 is 0.889 bits per heavy atom. The maximum absolute atomic E-state index is 2.37. The van der Waals surface area contributed by atoms with E-state index < -0.39 is 12.8 Å². The Kier molecular flexibility index (Phi) is 4.60. The molecule has 0 rings (SSSR count). The third kappa shape index (κ3) is 2.31. The number of hydrogen-bond acceptors (Lipinski definition) is 0. The van der Waals surface area contributed by atoms with Gasteiger partial charge in [0.1, 0.15) is 0 Å². The molecule has 0 radical (unpaired) electrons. The average Bonchev–Trinajstić information content (AvgIpc) is 1.95. The van der Waals surface area contributed by atoms with Gasteiger partial charge in [-0.1, -0.05) is 0 Å². The van der Waals surface area contributed by atoms with E-state index in [1.807, 2.05) is 0 Å². The zero-order valence-electron chi connectivity index (χ0n) is 7.24. The summed E-state index contributed by atoms with van der Waals surface area (Å²) in [6.45, 7) is 9.49. The van der Waals surface area contributed by atoms with Gasteiger partial charge in [-0.3, -0.25) is 0 Å². The second kappa shape index (κ2) is 4.35. The van der Waals surface area contributed by atoms with E-state index >= 15 is 0 Å². The normalized spacial score (nSPS) is 13.8. The van der Waals surface area contributed by atoms with Gasteiger partial charge in [-0.15, -0.1) is 0 Å². The molecule has 0 atom stereocenters. The first-order chi connectivity index (χ1) is 4.24. The molecule has 0 saturated carbocycles. The summed E-state index contributed by atoms with van der Waals surface area (Å²) in [5, 5.41) is 6.00. The Bertz CT molecular complexity index is 47.5. The molecule has 0 nitrogen and oxygen atoms in total. The maximum atomic E-state index is 2.37. The molecule has 0 unspecified atom stereocenters. The van der Waals surface area contributed by atoms with Crippen molar-refractivity contribution in [3.05, 3.63) is 0 Å². The minimum atomic E-state index is -0.861. The van der Waals surface area contributed by atoms with E-state index in [4.69, 9.17) is 0 Å². The van der Waals surface area contributed by atoms with Gasteiger partial charge in [0.25, 0.3) is 0 Å². The Morgan fingerprint density at radius 1 is 0.667 bits per heavy atom. The van der Waals surface area contributed by atoms with Crippen LogP contribution in [0.5, 0.6) is 0 Å². The monoisotopic (exact) mass is 196 g/mol. The Morgan fingerprint density at radius 3 is 0.889 bits per heavy atom. The Balaban J connectivity index is 3.82. The molecule has 0 aliphatic heterocycles. The number of rotatable bonds is 4. The van der Waals surface area contributed by atoms with Gasteiger partial charge in [-0.2, -0.15) is 0 Å². The summed E-state index contributed by atoms with van der Waals surface area (Å²) in [6, 6.07) is 0. The first-order valence-corrected chi connectivity index (χ1v) is 8.83. The van der Waals surface area contributed by atoms with Crippen LogP contribution in [0.2, 0.25) is 21.3 Å². The van der Waals surface area contributed by atoms with Gasteiger partial charge in [0.05, 0.1) is 0 Å². The van der Waals surface area contributed by atoms with E-state index in [0.29, 0.717) is 0 Å². The van der Waals surface area contributed by atoms with Crippen LogP contribution < -0.4 is 0 Å². The summed E-state index contributed by atoms with van der Waals surface area (Å²) < 4.78 is 0. The molecule has 0 N–H and O–H groups in total. The van der Waals surface area contributed by atoms with Crippen molar-refractivity contribution in [1.82, 2.24) is 0 Å². The van der Waals surface area contributed by atoms with Crippen molar-refractivity contribution >= 4 is 12.8 Å². The second-order valence-corrected chi connectivity index (χ2v) is 12.4. The summed E-state index contributed by atoms with van der Waals surface area (Å²) >= 11 is -0.861. The summed E-state index contributed by atoms with van der Waals surface area (Å²) in [7, 11) is 0.